The number of thiazole rings is 1. The van der Waals surface area contributed by atoms with E-state index in [9.17, 15) is 4.79 Å². The minimum Gasteiger partial charge on any atom is -0.394 e. The summed E-state index contributed by atoms with van der Waals surface area (Å²) in [6.07, 6.45) is 0.765. The molecule has 0 bridgehead atoms. The van der Waals surface area contributed by atoms with E-state index in [0.29, 0.717) is 24.3 Å². The number of nitrogens with two attached hydrogens (primary N) is 1. The minimum absolute atomic E-state index is 0.0755. The summed E-state index contributed by atoms with van der Waals surface area (Å²) in [4.78, 5) is 19.6. The van der Waals surface area contributed by atoms with Crippen LogP contribution in [0, 0.1) is 0 Å². The molecule has 0 spiro atoms. The quantitative estimate of drug-likeness (QED) is 0.367. The van der Waals surface area contributed by atoms with E-state index in [0.717, 1.165) is 28.9 Å². The van der Waals surface area contributed by atoms with Crippen LogP contribution in [-0.4, -0.2) is 17.4 Å². The first-order chi connectivity index (χ1) is 14.7. The summed E-state index contributed by atoms with van der Waals surface area (Å²) in [5.41, 5.74) is 13.8. The SMILES string of the molecule is Nc1ccccc1[N+]1(C(=O)c2ccc(-c3ccccc3)cc2)CCc2ncsc2C1. The molecule has 5 rings (SSSR count). The Morgan fingerprint density at radius 3 is 2.37 bits per heavy atom. The van der Waals surface area contributed by atoms with Crippen molar-refractivity contribution in [2.45, 2.75) is 13.0 Å². The zero-order valence-corrected chi connectivity index (χ0v) is 17.3. The van der Waals surface area contributed by atoms with Crippen LogP contribution in [0.1, 0.15) is 20.9 Å². The molecule has 1 atom stereocenters. The van der Waals surface area contributed by atoms with Crippen molar-refractivity contribution in [2.24, 2.45) is 0 Å². The van der Waals surface area contributed by atoms with Gasteiger partial charge in [-0.25, -0.2) is 14.3 Å². The number of anilines is 1. The van der Waals surface area contributed by atoms with Crippen molar-refractivity contribution in [3.63, 3.8) is 0 Å². The van der Waals surface area contributed by atoms with Gasteiger partial charge < -0.3 is 5.73 Å². The lowest BCUT2D eigenvalue weighted by Gasteiger charge is -2.38. The Morgan fingerprint density at radius 1 is 0.900 bits per heavy atom. The van der Waals surface area contributed by atoms with E-state index in [1.807, 2.05) is 72.2 Å². The van der Waals surface area contributed by atoms with E-state index >= 15 is 0 Å². The fraction of sp³-hybridized carbons (Fsp3) is 0.120. The highest BCUT2D eigenvalue weighted by molar-refractivity contribution is 7.09. The molecule has 0 saturated heterocycles. The van der Waals surface area contributed by atoms with Gasteiger partial charge in [-0.15, -0.1) is 11.3 Å². The molecule has 4 aromatic rings. The van der Waals surface area contributed by atoms with Crippen LogP contribution < -0.4 is 10.2 Å². The van der Waals surface area contributed by atoms with Crippen LogP contribution in [0.25, 0.3) is 11.1 Å². The fourth-order valence-corrected chi connectivity index (χ4v) is 5.19. The number of carbonyl (C=O) groups excluding carboxylic acids is 1. The number of nitrogen functional groups attached to an aromatic ring is 1. The highest BCUT2D eigenvalue weighted by atomic mass is 32.1. The maximum absolute atomic E-state index is 14.0. The van der Waals surface area contributed by atoms with Gasteiger partial charge in [0, 0.05) is 12.5 Å². The number of nitrogens with zero attached hydrogens (tertiary/aromatic N) is 2. The van der Waals surface area contributed by atoms with Crippen molar-refractivity contribution in [3.05, 3.63) is 101 Å². The van der Waals surface area contributed by atoms with Crippen molar-refractivity contribution < 1.29 is 4.79 Å². The number of para-hydroxylation sites is 2. The lowest BCUT2D eigenvalue weighted by molar-refractivity contribution is 0.0744. The van der Waals surface area contributed by atoms with Gasteiger partial charge in [-0.3, -0.25) is 0 Å². The van der Waals surface area contributed by atoms with E-state index in [-0.39, 0.29) is 10.4 Å². The maximum atomic E-state index is 14.0. The predicted molar refractivity (Wildman–Crippen MR) is 123 cm³/mol. The Balaban J connectivity index is 1.57. The minimum atomic E-state index is 0.0755. The largest absolute Gasteiger partial charge is 0.394 e. The van der Waals surface area contributed by atoms with Crippen LogP contribution >= 0.6 is 11.3 Å². The second-order valence-corrected chi connectivity index (χ2v) is 8.57. The summed E-state index contributed by atoms with van der Waals surface area (Å²) in [6, 6.07) is 25.8. The summed E-state index contributed by atoms with van der Waals surface area (Å²) >= 11 is 1.62. The van der Waals surface area contributed by atoms with E-state index in [2.05, 4.69) is 17.1 Å². The number of rotatable bonds is 3. The van der Waals surface area contributed by atoms with Crippen LogP contribution in [0.2, 0.25) is 0 Å². The second-order valence-electron chi connectivity index (χ2n) is 7.63. The molecule has 1 unspecified atom stereocenters. The van der Waals surface area contributed by atoms with Crippen LogP contribution in [0.4, 0.5) is 11.4 Å². The van der Waals surface area contributed by atoms with E-state index in [1.54, 1.807) is 11.3 Å². The fourth-order valence-electron chi connectivity index (χ4n) is 4.30. The number of aromatic nitrogens is 1. The molecule has 1 aliphatic rings. The van der Waals surface area contributed by atoms with Crippen molar-refractivity contribution in [2.75, 3.05) is 12.3 Å². The highest BCUT2D eigenvalue weighted by Gasteiger charge is 2.45. The number of carbonyl (C=O) groups is 1. The molecule has 3 aromatic carbocycles. The third-order valence-corrected chi connectivity index (χ3v) is 6.75. The zero-order chi connectivity index (χ0) is 20.6. The number of fused-ring (bicyclic) bond motifs is 1. The molecular formula is C25H22N3OS+. The number of amides is 1. The van der Waals surface area contributed by atoms with Gasteiger partial charge in [0.1, 0.15) is 6.54 Å². The van der Waals surface area contributed by atoms with Gasteiger partial charge in [-0.2, -0.15) is 0 Å². The smallest absolute Gasteiger partial charge is 0.351 e. The van der Waals surface area contributed by atoms with Crippen molar-refractivity contribution in [1.82, 2.24) is 9.47 Å². The van der Waals surface area contributed by atoms with Crippen molar-refractivity contribution in [1.29, 1.82) is 0 Å². The van der Waals surface area contributed by atoms with Crippen LogP contribution in [0.3, 0.4) is 0 Å². The Labute approximate surface area is 179 Å². The molecule has 148 valence electrons. The summed E-state index contributed by atoms with van der Waals surface area (Å²) in [6.45, 7) is 1.25. The van der Waals surface area contributed by atoms with Crippen molar-refractivity contribution >= 4 is 28.6 Å². The number of hydrogen-bond acceptors (Lipinski definition) is 4. The van der Waals surface area contributed by atoms with Gasteiger partial charge in [-0.1, -0.05) is 54.6 Å². The van der Waals surface area contributed by atoms with Gasteiger partial charge in [0.15, 0.2) is 5.69 Å². The molecule has 1 aromatic heterocycles. The second kappa shape index (κ2) is 7.52. The lowest BCUT2D eigenvalue weighted by Crippen LogP contribution is -2.56. The molecule has 0 radical (unpaired) electrons. The summed E-state index contributed by atoms with van der Waals surface area (Å²) in [5, 5.41) is 0. The van der Waals surface area contributed by atoms with Gasteiger partial charge in [-0.05, 0) is 29.3 Å². The van der Waals surface area contributed by atoms with E-state index < -0.39 is 0 Å². The normalized spacial score (nSPS) is 18.0. The van der Waals surface area contributed by atoms with Crippen LogP contribution in [0.5, 0.6) is 0 Å². The third-order valence-electron chi connectivity index (χ3n) is 5.89. The predicted octanol–water partition coefficient (Wildman–Crippen LogP) is 5.30. The Bertz CT molecular complexity index is 1200. The Morgan fingerprint density at radius 2 is 1.60 bits per heavy atom. The molecule has 5 heteroatoms. The Kier molecular flexibility index (Phi) is 4.69. The van der Waals surface area contributed by atoms with Crippen LogP contribution in [0.15, 0.2) is 84.4 Å². The van der Waals surface area contributed by atoms with Gasteiger partial charge in [0.25, 0.3) is 0 Å². The lowest BCUT2D eigenvalue weighted by atomic mass is 10.0. The number of hydrogen-bond donors (Lipinski definition) is 1. The van der Waals surface area contributed by atoms with Gasteiger partial charge in [0.05, 0.1) is 33.9 Å². The number of quaternary nitrogens is 1. The van der Waals surface area contributed by atoms with E-state index in [1.165, 1.54) is 4.88 Å². The average Bonchev–Trinajstić information content (AvgIpc) is 3.27. The molecule has 4 nitrogen and oxygen atoms in total. The molecule has 30 heavy (non-hydrogen) atoms. The first-order valence-corrected chi connectivity index (χ1v) is 10.9. The van der Waals surface area contributed by atoms with E-state index in [4.69, 9.17) is 5.73 Å². The van der Waals surface area contributed by atoms with Crippen molar-refractivity contribution in [3.8, 4) is 11.1 Å². The monoisotopic (exact) mass is 412 g/mol. The third kappa shape index (κ3) is 3.12. The molecule has 1 amide bonds. The summed E-state index contributed by atoms with van der Waals surface area (Å²) < 4.78 is 0.201. The first kappa shape index (κ1) is 18.7. The summed E-state index contributed by atoms with van der Waals surface area (Å²) in [7, 11) is 0. The topological polar surface area (TPSA) is 56.0 Å². The zero-order valence-electron chi connectivity index (χ0n) is 16.5. The molecule has 2 N–H and O–H groups in total. The summed E-state index contributed by atoms with van der Waals surface area (Å²) in [5.74, 6) is 0.0755. The average molecular weight is 413 g/mol. The van der Waals surface area contributed by atoms with Gasteiger partial charge in [0.2, 0.25) is 0 Å². The maximum Gasteiger partial charge on any atom is 0.351 e. The molecular weight excluding hydrogens is 390 g/mol. The molecule has 0 fully saturated rings. The standard InChI is InChI=1S/C25H22N3OS/c26-21-8-4-5-9-23(21)28(15-14-22-24(16-28)30-17-27-22)25(29)20-12-10-19(11-13-20)18-6-2-1-3-7-18/h1-13,17H,14-16,26H2/q+1. The number of benzene rings is 3. The van der Waals surface area contributed by atoms with Crippen LogP contribution in [-0.2, 0) is 13.0 Å². The highest BCUT2D eigenvalue weighted by Crippen LogP contribution is 2.38. The van der Waals surface area contributed by atoms with Gasteiger partial charge >= 0.3 is 5.91 Å². The molecule has 0 saturated carbocycles. The Hall–Kier alpha value is -3.28. The first-order valence-electron chi connectivity index (χ1n) is 10.0. The molecule has 2 heterocycles. The molecule has 1 aliphatic heterocycles. The molecule has 0 aliphatic carbocycles.